The largest absolute Gasteiger partial charge is 0.481 e. The predicted molar refractivity (Wildman–Crippen MR) is 56.3 cm³/mol. The van der Waals surface area contributed by atoms with Crippen LogP contribution in [0.1, 0.15) is 39.0 Å². The molecule has 1 heterocycles. The summed E-state index contributed by atoms with van der Waals surface area (Å²) in [6.07, 6.45) is 5.70. The number of unbranched alkanes of at least 4 members (excludes halogenated alkanes) is 1. The summed E-state index contributed by atoms with van der Waals surface area (Å²) < 4.78 is 0. The quantitative estimate of drug-likeness (QED) is 0.665. The summed E-state index contributed by atoms with van der Waals surface area (Å²) in [5.41, 5.74) is 0. The Bertz CT molecular complexity index is 176. The van der Waals surface area contributed by atoms with Gasteiger partial charge in [0.25, 0.3) is 0 Å². The summed E-state index contributed by atoms with van der Waals surface area (Å²) in [4.78, 5) is 13.0. The van der Waals surface area contributed by atoms with Crippen LogP contribution in [0.25, 0.3) is 0 Å². The second-order valence-corrected chi connectivity index (χ2v) is 4.28. The van der Waals surface area contributed by atoms with E-state index in [-0.39, 0.29) is 5.92 Å². The second kappa shape index (κ2) is 6.02. The Kier molecular flexibility index (Phi) is 4.94. The van der Waals surface area contributed by atoms with Gasteiger partial charge in [-0.15, -0.1) is 0 Å². The van der Waals surface area contributed by atoms with Gasteiger partial charge in [-0.2, -0.15) is 0 Å². The molecular formula is C11H21NO2. The van der Waals surface area contributed by atoms with E-state index < -0.39 is 5.97 Å². The Hall–Kier alpha value is -0.570. The van der Waals surface area contributed by atoms with Gasteiger partial charge in [0, 0.05) is 0 Å². The Morgan fingerprint density at radius 2 is 2.00 bits per heavy atom. The molecule has 0 aromatic heterocycles. The summed E-state index contributed by atoms with van der Waals surface area (Å²) in [7, 11) is 0. The standard InChI is InChI=1S/C11H21NO2/c1-10(11(13)14)6-2-3-7-12-8-4-5-9-12/h10H,2-9H2,1H3,(H,13,14). The first kappa shape index (κ1) is 11.5. The highest BCUT2D eigenvalue weighted by Crippen LogP contribution is 2.11. The summed E-state index contributed by atoms with van der Waals surface area (Å²) in [6, 6.07) is 0. The van der Waals surface area contributed by atoms with Gasteiger partial charge in [0.1, 0.15) is 0 Å². The molecule has 82 valence electrons. The van der Waals surface area contributed by atoms with Crippen molar-refractivity contribution in [1.29, 1.82) is 0 Å². The third-order valence-corrected chi connectivity index (χ3v) is 2.98. The molecular weight excluding hydrogens is 178 g/mol. The third kappa shape index (κ3) is 4.09. The number of carbonyl (C=O) groups is 1. The number of carboxylic acids is 1. The first-order valence-electron chi connectivity index (χ1n) is 5.65. The minimum Gasteiger partial charge on any atom is -0.481 e. The molecule has 0 aromatic rings. The SMILES string of the molecule is CC(CCCCN1CCCC1)C(=O)O. The smallest absolute Gasteiger partial charge is 0.306 e. The first-order chi connectivity index (χ1) is 6.70. The minimum absolute atomic E-state index is 0.173. The number of hydrogen-bond acceptors (Lipinski definition) is 2. The molecule has 0 spiro atoms. The summed E-state index contributed by atoms with van der Waals surface area (Å²) in [6.45, 7) is 5.44. The summed E-state index contributed by atoms with van der Waals surface area (Å²) in [5, 5.41) is 8.68. The van der Waals surface area contributed by atoms with Crippen LogP contribution in [0.5, 0.6) is 0 Å². The number of rotatable bonds is 6. The van der Waals surface area contributed by atoms with Gasteiger partial charge in [-0.25, -0.2) is 0 Å². The van der Waals surface area contributed by atoms with Crippen LogP contribution in [0, 0.1) is 5.92 Å². The van der Waals surface area contributed by atoms with Crippen LogP contribution in [-0.2, 0) is 4.79 Å². The van der Waals surface area contributed by atoms with Crippen LogP contribution in [0.15, 0.2) is 0 Å². The normalized spacial score (nSPS) is 19.8. The molecule has 1 fully saturated rings. The monoisotopic (exact) mass is 199 g/mol. The van der Waals surface area contributed by atoms with Crippen molar-refractivity contribution < 1.29 is 9.90 Å². The molecule has 0 aromatic carbocycles. The molecule has 1 N–H and O–H groups in total. The topological polar surface area (TPSA) is 40.5 Å². The lowest BCUT2D eigenvalue weighted by atomic mass is 10.0. The van der Waals surface area contributed by atoms with Gasteiger partial charge in [-0.1, -0.05) is 13.3 Å². The average Bonchev–Trinajstić information content (AvgIpc) is 2.64. The lowest BCUT2D eigenvalue weighted by Gasteiger charge is -2.14. The number of carboxylic acid groups (broad SMARTS) is 1. The van der Waals surface area contributed by atoms with Crippen LogP contribution in [0.4, 0.5) is 0 Å². The van der Waals surface area contributed by atoms with Gasteiger partial charge >= 0.3 is 5.97 Å². The summed E-state index contributed by atoms with van der Waals surface area (Å²) in [5.74, 6) is -0.834. The zero-order chi connectivity index (χ0) is 10.4. The maximum atomic E-state index is 10.5. The molecule has 0 aliphatic carbocycles. The molecule has 0 amide bonds. The van der Waals surface area contributed by atoms with Gasteiger partial charge < -0.3 is 10.0 Å². The van der Waals surface area contributed by atoms with E-state index in [2.05, 4.69) is 4.90 Å². The van der Waals surface area contributed by atoms with Crippen molar-refractivity contribution in [1.82, 2.24) is 4.90 Å². The molecule has 0 saturated carbocycles. The molecule has 1 unspecified atom stereocenters. The maximum Gasteiger partial charge on any atom is 0.306 e. The van der Waals surface area contributed by atoms with Gasteiger partial charge in [0.15, 0.2) is 0 Å². The van der Waals surface area contributed by atoms with Crippen molar-refractivity contribution in [3.63, 3.8) is 0 Å². The molecule has 1 saturated heterocycles. The van der Waals surface area contributed by atoms with Crippen molar-refractivity contribution in [3.8, 4) is 0 Å². The molecule has 3 nitrogen and oxygen atoms in total. The van der Waals surface area contributed by atoms with Crippen LogP contribution < -0.4 is 0 Å². The molecule has 0 radical (unpaired) electrons. The summed E-state index contributed by atoms with van der Waals surface area (Å²) >= 11 is 0. The molecule has 14 heavy (non-hydrogen) atoms. The van der Waals surface area contributed by atoms with Gasteiger partial charge in [0.05, 0.1) is 5.92 Å². The van der Waals surface area contributed by atoms with Crippen molar-refractivity contribution in [2.75, 3.05) is 19.6 Å². The molecule has 1 atom stereocenters. The van der Waals surface area contributed by atoms with Crippen LogP contribution in [-0.4, -0.2) is 35.6 Å². The third-order valence-electron chi connectivity index (χ3n) is 2.98. The fourth-order valence-electron chi connectivity index (χ4n) is 1.92. The minimum atomic E-state index is -0.661. The Morgan fingerprint density at radius 3 is 2.57 bits per heavy atom. The van der Waals surface area contributed by atoms with E-state index in [9.17, 15) is 4.79 Å². The van der Waals surface area contributed by atoms with Crippen molar-refractivity contribution >= 4 is 5.97 Å². The Balaban J connectivity index is 1.95. The zero-order valence-electron chi connectivity index (χ0n) is 9.04. The lowest BCUT2D eigenvalue weighted by Crippen LogP contribution is -2.20. The van der Waals surface area contributed by atoms with Crippen molar-refractivity contribution in [2.24, 2.45) is 5.92 Å². The van der Waals surface area contributed by atoms with Crippen LogP contribution in [0.3, 0.4) is 0 Å². The van der Waals surface area contributed by atoms with E-state index in [0.29, 0.717) is 0 Å². The molecule has 0 bridgehead atoms. The number of aliphatic carboxylic acids is 1. The van der Waals surface area contributed by atoms with Crippen molar-refractivity contribution in [2.45, 2.75) is 39.0 Å². The fraction of sp³-hybridized carbons (Fsp3) is 0.909. The number of likely N-dealkylation sites (tertiary alicyclic amines) is 1. The fourth-order valence-corrected chi connectivity index (χ4v) is 1.92. The van der Waals surface area contributed by atoms with E-state index in [1.54, 1.807) is 6.92 Å². The lowest BCUT2D eigenvalue weighted by molar-refractivity contribution is -0.141. The van der Waals surface area contributed by atoms with E-state index in [0.717, 1.165) is 25.8 Å². The van der Waals surface area contributed by atoms with E-state index in [1.807, 2.05) is 0 Å². The van der Waals surface area contributed by atoms with E-state index in [4.69, 9.17) is 5.11 Å². The Labute approximate surface area is 86.1 Å². The second-order valence-electron chi connectivity index (χ2n) is 4.28. The molecule has 1 aliphatic rings. The highest BCUT2D eigenvalue weighted by Gasteiger charge is 2.12. The number of nitrogens with zero attached hydrogens (tertiary/aromatic N) is 1. The number of hydrogen-bond donors (Lipinski definition) is 1. The maximum absolute atomic E-state index is 10.5. The van der Waals surface area contributed by atoms with Crippen LogP contribution in [0.2, 0.25) is 0 Å². The first-order valence-corrected chi connectivity index (χ1v) is 5.65. The zero-order valence-corrected chi connectivity index (χ0v) is 9.04. The van der Waals surface area contributed by atoms with Gasteiger partial charge in [0.2, 0.25) is 0 Å². The van der Waals surface area contributed by atoms with Crippen LogP contribution >= 0.6 is 0 Å². The van der Waals surface area contributed by atoms with Crippen molar-refractivity contribution in [3.05, 3.63) is 0 Å². The Morgan fingerprint density at radius 1 is 1.36 bits per heavy atom. The molecule has 1 aliphatic heterocycles. The van der Waals surface area contributed by atoms with E-state index >= 15 is 0 Å². The van der Waals surface area contributed by atoms with E-state index in [1.165, 1.54) is 25.9 Å². The predicted octanol–water partition coefficient (Wildman–Crippen LogP) is 1.97. The highest BCUT2D eigenvalue weighted by molar-refractivity contribution is 5.69. The van der Waals surface area contributed by atoms with Gasteiger partial charge in [-0.05, 0) is 45.3 Å². The highest BCUT2D eigenvalue weighted by atomic mass is 16.4. The average molecular weight is 199 g/mol. The molecule has 1 rings (SSSR count). The molecule has 3 heteroatoms. The van der Waals surface area contributed by atoms with Gasteiger partial charge in [-0.3, -0.25) is 4.79 Å².